The highest BCUT2D eigenvalue weighted by molar-refractivity contribution is 8.00. The van der Waals surface area contributed by atoms with Gasteiger partial charge in [-0.25, -0.2) is 0 Å². The lowest BCUT2D eigenvalue weighted by Crippen LogP contribution is -2.23. The Bertz CT molecular complexity index is 1270. The van der Waals surface area contributed by atoms with Crippen LogP contribution in [0.1, 0.15) is 12.7 Å². The van der Waals surface area contributed by atoms with Crippen LogP contribution in [0.3, 0.4) is 0 Å². The van der Waals surface area contributed by atoms with Crippen LogP contribution in [0.5, 0.6) is 0 Å². The van der Waals surface area contributed by atoms with E-state index >= 15 is 0 Å². The number of furan rings is 1. The molecule has 0 aliphatic carbocycles. The molecule has 4 rings (SSSR count). The zero-order valence-electron chi connectivity index (χ0n) is 17.3. The third-order valence-electron chi connectivity index (χ3n) is 4.72. The predicted molar refractivity (Wildman–Crippen MR) is 121 cm³/mol. The van der Waals surface area contributed by atoms with Crippen molar-refractivity contribution < 1.29 is 14.1 Å². The summed E-state index contributed by atoms with van der Waals surface area (Å²) in [5, 5.41) is 22.4. The first-order chi connectivity index (χ1) is 15.4. The molecule has 2 heterocycles. The number of carbonyl (C=O) groups excluding carboxylic acids is 1. The van der Waals surface area contributed by atoms with Crippen molar-refractivity contribution in [3.05, 3.63) is 82.8 Å². The highest BCUT2D eigenvalue weighted by Crippen LogP contribution is 2.32. The number of anilines is 1. The van der Waals surface area contributed by atoms with E-state index in [4.69, 9.17) is 4.42 Å². The number of hydrogen-bond acceptors (Lipinski definition) is 7. The normalized spacial score (nSPS) is 11.8. The fraction of sp³-hybridized carbons (Fsp3) is 0.136. The van der Waals surface area contributed by atoms with Gasteiger partial charge < -0.3 is 9.73 Å². The van der Waals surface area contributed by atoms with Crippen LogP contribution in [-0.4, -0.2) is 30.8 Å². The molecule has 1 unspecified atom stereocenters. The Morgan fingerprint density at radius 3 is 2.62 bits per heavy atom. The Morgan fingerprint density at radius 1 is 1.16 bits per heavy atom. The van der Waals surface area contributed by atoms with Crippen molar-refractivity contribution in [2.24, 2.45) is 0 Å². The van der Waals surface area contributed by atoms with Crippen molar-refractivity contribution in [1.29, 1.82) is 0 Å². The zero-order valence-corrected chi connectivity index (χ0v) is 18.1. The Kier molecular flexibility index (Phi) is 6.04. The Labute approximate surface area is 187 Å². The van der Waals surface area contributed by atoms with Gasteiger partial charge in [0, 0.05) is 23.5 Å². The van der Waals surface area contributed by atoms with Crippen LogP contribution in [0.4, 0.5) is 11.4 Å². The van der Waals surface area contributed by atoms with E-state index in [1.807, 2.05) is 47.9 Å². The standard InChI is InChI=1S/C22H19N5O4S/c1-14-19(11-12-31-14)20-24-25-22(26(20)17-8-4-3-5-9-17)32-15(2)21(28)23-16-7-6-10-18(13-16)27(29)30/h3-13,15H,1-2H3,(H,23,28). The number of nitro groups is 1. The molecule has 1 amide bonds. The minimum atomic E-state index is -0.542. The fourth-order valence-electron chi connectivity index (χ4n) is 3.10. The largest absolute Gasteiger partial charge is 0.469 e. The molecule has 2 aromatic heterocycles. The molecule has 0 aliphatic heterocycles. The van der Waals surface area contributed by atoms with E-state index in [2.05, 4.69) is 15.5 Å². The second kappa shape index (κ2) is 9.06. The van der Waals surface area contributed by atoms with E-state index < -0.39 is 10.2 Å². The summed E-state index contributed by atoms with van der Waals surface area (Å²) >= 11 is 1.24. The van der Waals surface area contributed by atoms with Gasteiger partial charge in [-0.1, -0.05) is 36.0 Å². The van der Waals surface area contributed by atoms with Crippen LogP contribution in [0.2, 0.25) is 0 Å². The first-order valence-electron chi connectivity index (χ1n) is 9.71. The SMILES string of the molecule is Cc1occc1-c1nnc(SC(C)C(=O)Nc2cccc([N+](=O)[O-])c2)n1-c1ccccc1. The molecule has 32 heavy (non-hydrogen) atoms. The molecule has 0 fully saturated rings. The van der Waals surface area contributed by atoms with Gasteiger partial charge in [0.1, 0.15) is 5.76 Å². The van der Waals surface area contributed by atoms with Crippen LogP contribution in [-0.2, 0) is 4.79 Å². The van der Waals surface area contributed by atoms with Crippen molar-refractivity contribution in [3.63, 3.8) is 0 Å². The number of rotatable bonds is 7. The zero-order chi connectivity index (χ0) is 22.7. The lowest BCUT2D eigenvalue weighted by molar-refractivity contribution is -0.384. The summed E-state index contributed by atoms with van der Waals surface area (Å²) in [6.45, 7) is 3.59. The summed E-state index contributed by atoms with van der Waals surface area (Å²) < 4.78 is 7.31. The molecule has 0 aliphatic rings. The second-order valence-electron chi connectivity index (χ2n) is 6.92. The van der Waals surface area contributed by atoms with Gasteiger partial charge in [-0.3, -0.25) is 19.5 Å². The third-order valence-corrected chi connectivity index (χ3v) is 5.77. The molecule has 2 aromatic carbocycles. The van der Waals surface area contributed by atoms with Gasteiger partial charge in [0.05, 0.1) is 22.0 Å². The molecule has 0 bridgehead atoms. The van der Waals surface area contributed by atoms with E-state index in [1.54, 1.807) is 19.3 Å². The molecule has 1 atom stereocenters. The minimum Gasteiger partial charge on any atom is -0.469 e. The van der Waals surface area contributed by atoms with Gasteiger partial charge in [-0.2, -0.15) is 0 Å². The quantitative estimate of drug-likeness (QED) is 0.243. The van der Waals surface area contributed by atoms with Crippen LogP contribution in [0.15, 0.2) is 76.5 Å². The number of nitrogens with one attached hydrogen (secondary N) is 1. The van der Waals surface area contributed by atoms with Gasteiger partial charge in [0.2, 0.25) is 5.91 Å². The van der Waals surface area contributed by atoms with E-state index in [1.165, 1.54) is 30.0 Å². The van der Waals surface area contributed by atoms with Crippen LogP contribution < -0.4 is 5.32 Å². The first kappa shape index (κ1) is 21.3. The summed E-state index contributed by atoms with van der Waals surface area (Å²) in [5.41, 5.74) is 1.92. The molecule has 0 radical (unpaired) electrons. The maximum absolute atomic E-state index is 12.8. The van der Waals surface area contributed by atoms with Crippen LogP contribution >= 0.6 is 11.8 Å². The summed E-state index contributed by atoms with van der Waals surface area (Å²) in [7, 11) is 0. The number of hydrogen-bond donors (Lipinski definition) is 1. The van der Waals surface area contributed by atoms with Gasteiger partial charge in [0.15, 0.2) is 11.0 Å². The topological polar surface area (TPSA) is 116 Å². The molecule has 0 saturated carbocycles. The molecule has 162 valence electrons. The van der Waals surface area contributed by atoms with Crippen molar-refractivity contribution >= 4 is 29.0 Å². The molecule has 4 aromatic rings. The number of thioether (sulfide) groups is 1. The number of para-hydroxylation sites is 1. The van der Waals surface area contributed by atoms with Crippen LogP contribution in [0, 0.1) is 17.0 Å². The van der Waals surface area contributed by atoms with Crippen LogP contribution in [0.25, 0.3) is 17.1 Å². The molecule has 1 N–H and O–H groups in total. The Morgan fingerprint density at radius 2 is 1.94 bits per heavy atom. The van der Waals surface area contributed by atoms with Gasteiger partial charge in [-0.05, 0) is 38.1 Å². The van der Waals surface area contributed by atoms with Crippen molar-refractivity contribution in [3.8, 4) is 17.1 Å². The number of nitro benzene ring substituents is 1. The molecule has 9 nitrogen and oxygen atoms in total. The van der Waals surface area contributed by atoms with E-state index in [9.17, 15) is 14.9 Å². The number of nitrogens with zero attached hydrogens (tertiary/aromatic N) is 4. The minimum absolute atomic E-state index is 0.0907. The second-order valence-corrected chi connectivity index (χ2v) is 8.23. The van der Waals surface area contributed by atoms with E-state index in [0.717, 1.165) is 11.3 Å². The highest BCUT2D eigenvalue weighted by atomic mass is 32.2. The van der Waals surface area contributed by atoms with Crippen molar-refractivity contribution in [1.82, 2.24) is 14.8 Å². The first-order valence-corrected chi connectivity index (χ1v) is 10.6. The number of carbonyl (C=O) groups is 1. The summed E-state index contributed by atoms with van der Waals surface area (Å²) in [6.07, 6.45) is 1.59. The highest BCUT2D eigenvalue weighted by Gasteiger charge is 2.23. The Balaban J connectivity index is 1.61. The molecular weight excluding hydrogens is 430 g/mol. The van der Waals surface area contributed by atoms with Gasteiger partial charge in [-0.15, -0.1) is 10.2 Å². The monoisotopic (exact) mass is 449 g/mol. The smallest absolute Gasteiger partial charge is 0.271 e. The number of aromatic nitrogens is 3. The summed E-state index contributed by atoms with van der Waals surface area (Å²) in [6, 6.07) is 17.2. The maximum atomic E-state index is 12.8. The third kappa shape index (κ3) is 4.40. The summed E-state index contributed by atoms with van der Waals surface area (Å²) in [5.74, 6) is 1.01. The van der Waals surface area contributed by atoms with Gasteiger partial charge in [0.25, 0.3) is 5.69 Å². The lowest BCUT2D eigenvalue weighted by atomic mass is 10.2. The van der Waals surface area contributed by atoms with Crippen molar-refractivity contribution in [2.45, 2.75) is 24.3 Å². The lowest BCUT2D eigenvalue weighted by Gasteiger charge is -2.14. The fourth-order valence-corrected chi connectivity index (χ4v) is 3.97. The van der Waals surface area contributed by atoms with Gasteiger partial charge >= 0.3 is 0 Å². The average Bonchev–Trinajstić information content (AvgIpc) is 3.40. The maximum Gasteiger partial charge on any atom is 0.271 e. The number of aryl methyl sites for hydroxylation is 1. The van der Waals surface area contributed by atoms with E-state index in [-0.39, 0.29) is 11.6 Å². The number of amides is 1. The molecular formula is C22H19N5O4S. The van der Waals surface area contributed by atoms with Crippen molar-refractivity contribution in [2.75, 3.05) is 5.32 Å². The Hall–Kier alpha value is -3.92. The van der Waals surface area contributed by atoms with E-state index in [0.29, 0.717) is 22.4 Å². The number of benzene rings is 2. The predicted octanol–water partition coefficient (Wildman–Crippen LogP) is 4.86. The molecule has 0 saturated heterocycles. The average molecular weight is 449 g/mol. The number of non-ortho nitro benzene ring substituents is 1. The molecule has 0 spiro atoms. The summed E-state index contributed by atoms with van der Waals surface area (Å²) in [4.78, 5) is 23.2. The molecule has 10 heteroatoms.